The molecule has 5 rings (SSSR count). The number of hydrogen-bond donors (Lipinski definition) is 0. The van der Waals surface area contributed by atoms with E-state index in [0.29, 0.717) is 16.5 Å². The molecule has 1 atom stereocenters. The minimum Gasteiger partial charge on any atom is -0.450 e. The average Bonchev–Trinajstić information content (AvgIpc) is 3.06. The first-order valence-electron chi connectivity index (χ1n) is 9.69. The van der Waals surface area contributed by atoms with Crippen molar-refractivity contribution >= 4 is 22.6 Å². The summed E-state index contributed by atoms with van der Waals surface area (Å²) in [5, 5.41) is 11.5. The Hall–Kier alpha value is -4.26. The van der Waals surface area contributed by atoms with Gasteiger partial charge >= 0.3 is 0 Å². The predicted molar refractivity (Wildman–Crippen MR) is 114 cm³/mol. The van der Waals surface area contributed by atoms with Gasteiger partial charge < -0.3 is 9.32 Å². The summed E-state index contributed by atoms with van der Waals surface area (Å²) in [5.74, 6) is -0.368. The molecule has 1 aliphatic rings. The van der Waals surface area contributed by atoms with Crippen molar-refractivity contribution < 1.29 is 14.1 Å². The van der Waals surface area contributed by atoms with Crippen LogP contribution in [0.25, 0.3) is 11.0 Å². The van der Waals surface area contributed by atoms with Gasteiger partial charge in [-0.25, -0.2) is 0 Å². The van der Waals surface area contributed by atoms with Crippen LogP contribution in [0, 0.1) is 10.1 Å². The number of nitro groups is 1. The van der Waals surface area contributed by atoms with Crippen molar-refractivity contribution in [3.63, 3.8) is 0 Å². The molecule has 152 valence electrons. The molecule has 0 spiro atoms. The van der Waals surface area contributed by atoms with Gasteiger partial charge in [-0.3, -0.25) is 19.7 Å². The Balaban J connectivity index is 1.71. The number of benzene rings is 3. The van der Waals surface area contributed by atoms with Gasteiger partial charge in [0.25, 0.3) is 11.6 Å². The van der Waals surface area contributed by atoms with Crippen LogP contribution in [-0.4, -0.2) is 15.7 Å². The minimum atomic E-state index is -0.704. The van der Waals surface area contributed by atoms with Crippen LogP contribution < -0.4 is 5.43 Å². The molecule has 0 bridgehead atoms. The second-order valence-corrected chi connectivity index (χ2v) is 7.34. The SMILES string of the molecule is O=C1c2oc3ccccc3c(=O)c2[C@@H](c2ccc([N+](=O)[O-])cc2)N1Cc1ccccc1. The van der Waals surface area contributed by atoms with E-state index in [1.165, 1.54) is 12.1 Å². The van der Waals surface area contributed by atoms with Crippen LogP contribution >= 0.6 is 0 Å². The Morgan fingerprint density at radius 3 is 2.29 bits per heavy atom. The molecule has 7 nitrogen and oxygen atoms in total. The molecule has 0 unspecified atom stereocenters. The Bertz CT molecular complexity index is 1380. The van der Waals surface area contributed by atoms with E-state index in [1.807, 2.05) is 30.3 Å². The highest BCUT2D eigenvalue weighted by atomic mass is 16.6. The van der Waals surface area contributed by atoms with E-state index in [-0.39, 0.29) is 34.9 Å². The summed E-state index contributed by atoms with van der Waals surface area (Å²) in [6.45, 7) is 0.265. The van der Waals surface area contributed by atoms with Crippen molar-refractivity contribution in [2.24, 2.45) is 0 Å². The highest BCUT2D eigenvalue weighted by molar-refractivity contribution is 5.99. The van der Waals surface area contributed by atoms with E-state index in [4.69, 9.17) is 4.42 Å². The molecule has 1 amide bonds. The molecule has 2 heterocycles. The lowest BCUT2D eigenvalue weighted by Crippen LogP contribution is -2.29. The van der Waals surface area contributed by atoms with Crippen LogP contribution in [0.15, 0.2) is 88.1 Å². The van der Waals surface area contributed by atoms with E-state index in [0.717, 1.165) is 5.56 Å². The van der Waals surface area contributed by atoms with Gasteiger partial charge in [0, 0.05) is 18.7 Å². The molecule has 0 saturated carbocycles. The highest BCUT2D eigenvalue weighted by Crippen LogP contribution is 2.39. The largest absolute Gasteiger partial charge is 0.450 e. The number of non-ortho nitro benzene ring substituents is 1. The maximum atomic E-state index is 13.4. The van der Waals surface area contributed by atoms with Gasteiger partial charge in [-0.05, 0) is 35.4 Å². The zero-order valence-electron chi connectivity index (χ0n) is 16.2. The topological polar surface area (TPSA) is 93.7 Å². The lowest BCUT2D eigenvalue weighted by Gasteiger charge is -2.25. The second kappa shape index (κ2) is 7.21. The quantitative estimate of drug-likeness (QED) is 0.365. The summed E-state index contributed by atoms with van der Waals surface area (Å²) < 4.78 is 5.88. The third-order valence-electron chi connectivity index (χ3n) is 5.49. The van der Waals surface area contributed by atoms with Crippen molar-refractivity contribution in [1.29, 1.82) is 0 Å². The molecule has 0 radical (unpaired) electrons. The van der Waals surface area contributed by atoms with Gasteiger partial charge in [0.15, 0.2) is 5.43 Å². The van der Waals surface area contributed by atoms with E-state index in [9.17, 15) is 19.7 Å². The summed E-state index contributed by atoms with van der Waals surface area (Å²) in [6, 6.07) is 21.5. The molecule has 1 aromatic heterocycles. The molecule has 7 heteroatoms. The number of hydrogen-bond acceptors (Lipinski definition) is 5. The number of carbonyl (C=O) groups is 1. The highest BCUT2D eigenvalue weighted by Gasteiger charge is 2.42. The van der Waals surface area contributed by atoms with Crippen LogP contribution in [-0.2, 0) is 6.54 Å². The van der Waals surface area contributed by atoms with E-state index >= 15 is 0 Å². The molecule has 31 heavy (non-hydrogen) atoms. The van der Waals surface area contributed by atoms with Crippen LogP contribution in [0.1, 0.15) is 33.3 Å². The van der Waals surface area contributed by atoms with Gasteiger partial charge in [-0.1, -0.05) is 42.5 Å². The molecule has 1 aliphatic heterocycles. The van der Waals surface area contributed by atoms with E-state index in [2.05, 4.69) is 0 Å². The van der Waals surface area contributed by atoms with Crippen molar-refractivity contribution in [2.75, 3.05) is 0 Å². The monoisotopic (exact) mass is 412 g/mol. The van der Waals surface area contributed by atoms with E-state index in [1.54, 1.807) is 41.3 Å². The normalized spacial score (nSPS) is 15.3. The number of fused-ring (bicyclic) bond motifs is 2. The van der Waals surface area contributed by atoms with Gasteiger partial charge in [-0.2, -0.15) is 0 Å². The van der Waals surface area contributed by atoms with Crippen molar-refractivity contribution in [3.05, 3.63) is 122 Å². The van der Waals surface area contributed by atoms with Crippen LogP contribution in [0.3, 0.4) is 0 Å². The van der Waals surface area contributed by atoms with Gasteiger partial charge in [-0.15, -0.1) is 0 Å². The number of carbonyl (C=O) groups excluding carboxylic acids is 1. The summed E-state index contributed by atoms with van der Waals surface area (Å²) in [6.07, 6.45) is 0. The molecular formula is C24H16N2O5. The molecule has 0 aliphatic carbocycles. The first kappa shape index (κ1) is 18.7. The molecule has 0 saturated heterocycles. The number of nitrogens with zero attached hydrogens (tertiary/aromatic N) is 2. The first-order valence-corrected chi connectivity index (χ1v) is 9.69. The van der Waals surface area contributed by atoms with Crippen LogP contribution in [0.2, 0.25) is 0 Å². The summed E-state index contributed by atoms with van der Waals surface area (Å²) in [5.41, 5.74) is 1.78. The summed E-state index contributed by atoms with van der Waals surface area (Å²) in [7, 11) is 0. The second-order valence-electron chi connectivity index (χ2n) is 7.34. The maximum Gasteiger partial charge on any atom is 0.291 e. The lowest BCUT2D eigenvalue weighted by atomic mass is 9.98. The van der Waals surface area contributed by atoms with Crippen molar-refractivity contribution in [3.8, 4) is 0 Å². The van der Waals surface area contributed by atoms with Gasteiger partial charge in [0.2, 0.25) is 5.76 Å². The van der Waals surface area contributed by atoms with E-state index < -0.39 is 11.0 Å². The predicted octanol–water partition coefficient (Wildman–Crippen LogP) is 4.45. The van der Waals surface area contributed by atoms with Crippen molar-refractivity contribution in [1.82, 2.24) is 4.90 Å². The van der Waals surface area contributed by atoms with Crippen LogP contribution in [0.4, 0.5) is 5.69 Å². The summed E-state index contributed by atoms with van der Waals surface area (Å²) >= 11 is 0. The fraction of sp³-hybridized carbons (Fsp3) is 0.0833. The lowest BCUT2D eigenvalue weighted by molar-refractivity contribution is -0.384. The third-order valence-corrected chi connectivity index (χ3v) is 5.49. The van der Waals surface area contributed by atoms with Crippen molar-refractivity contribution in [2.45, 2.75) is 12.6 Å². The molecule has 4 aromatic rings. The number of amides is 1. The zero-order valence-corrected chi connectivity index (χ0v) is 16.2. The molecular weight excluding hydrogens is 396 g/mol. The third kappa shape index (κ3) is 3.07. The molecule has 0 N–H and O–H groups in total. The zero-order chi connectivity index (χ0) is 21.5. The fourth-order valence-corrected chi connectivity index (χ4v) is 4.04. The van der Waals surface area contributed by atoms with Gasteiger partial charge in [0.05, 0.1) is 21.9 Å². The molecule has 3 aromatic carbocycles. The molecule has 0 fully saturated rings. The van der Waals surface area contributed by atoms with Gasteiger partial charge in [0.1, 0.15) is 5.58 Å². The Kier molecular flexibility index (Phi) is 4.36. The first-order chi connectivity index (χ1) is 15.0. The Morgan fingerprint density at radius 1 is 0.903 bits per heavy atom. The smallest absolute Gasteiger partial charge is 0.291 e. The number of nitro benzene ring substituents is 1. The Morgan fingerprint density at radius 2 is 1.58 bits per heavy atom. The maximum absolute atomic E-state index is 13.4. The standard InChI is InChI=1S/C24H16N2O5/c27-22-18-8-4-5-9-19(18)31-23-20(22)21(16-10-12-17(13-11-16)26(29)30)25(24(23)28)14-15-6-2-1-3-7-15/h1-13,21H,14H2/t21-/m1/s1. The fourth-order valence-electron chi connectivity index (χ4n) is 4.04. The average molecular weight is 412 g/mol. The summed E-state index contributed by atoms with van der Waals surface area (Å²) in [4.78, 5) is 38.9. The minimum absolute atomic E-state index is 0.0167. The number of para-hydroxylation sites is 1. The Labute approximate surface area is 176 Å². The number of rotatable bonds is 4. The van der Waals surface area contributed by atoms with Crippen LogP contribution in [0.5, 0.6) is 0 Å².